The molecule has 0 amide bonds. The summed E-state index contributed by atoms with van der Waals surface area (Å²) in [6.07, 6.45) is 0.748. The summed E-state index contributed by atoms with van der Waals surface area (Å²) in [5.41, 5.74) is 0.0501. The normalized spacial score (nSPS) is 22.9. The van der Waals surface area contributed by atoms with Crippen LogP contribution in [0.2, 0.25) is 5.82 Å². The second-order valence-corrected chi connectivity index (χ2v) is 4.96. The van der Waals surface area contributed by atoms with E-state index in [2.05, 4.69) is 0 Å². The van der Waals surface area contributed by atoms with Crippen LogP contribution < -0.4 is 0 Å². The van der Waals surface area contributed by atoms with Gasteiger partial charge in [-0.2, -0.15) is 0 Å². The van der Waals surface area contributed by atoms with Crippen molar-refractivity contribution >= 4 is 13.8 Å². The Labute approximate surface area is 86.6 Å². The lowest BCUT2D eigenvalue weighted by atomic mass is 9.75. The van der Waals surface area contributed by atoms with Crippen LogP contribution in [-0.4, -0.2) is 33.1 Å². The molecule has 4 heteroatoms. The number of carbonyl (C=O) groups is 1. The molecule has 0 aromatic carbocycles. The molecule has 0 N–H and O–H groups in total. The first kappa shape index (κ1) is 11.6. The molecule has 1 aliphatic heterocycles. The minimum absolute atomic E-state index is 0.0501. The van der Waals surface area contributed by atoms with Crippen molar-refractivity contribution < 1.29 is 14.3 Å². The van der Waals surface area contributed by atoms with Crippen molar-refractivity contribution in [2.45, 2.75) is 39.1 Å². The molecule has 1 heterocycles. The number of rotatable bonds is 4. The van der Waals surface area contributed by atoms with Crippen molar-refractivity contribution in [1.29, 1.82) is 0 Å². The lowest BCUT2D eigenvalue weighted by molar-refractivity contribution is -0.144. The van der Waals surface area contributed by atoms with Crippen LogP contribution in [0, 0.1) is 5.41 Å². The fourth-order valence-corrected chi connectivity index (χ4v) is 1.19. The monoisotopic (exact) mass is 196 g/mol. The average molecular weight is 196 g/mol. The van der Waals surface area contributed by atoms with E-state index < -0.39 is 5.82 Å². The minimum Gasteiger partial charge on any atom is -0.463 e. The molecule has 0 spiro atoms. The standard InChI is InChI=1S/C10H17BO3/c1-10(2,3)4-8(11)9(12)14-6-7-5-13-7/h7-8H,4-6H2,1-3H3. The number of epoxide rings is 1. The topological polar surface area (TPSA) is 38.8 Å². The predicted octanol–water partition coefficient (Wildman–Crippen LogP) is 1.32. The van der Waals surface area contributed by atoms with Gasteiger partial charge in [0.2, 0.25) is 0 Å². The molecule has 1 fully saturated rings. The van der Waals surface area contributed by atoms with Crippen LogP contribution >= 0.6 is 0 Å². The number of hydrogen-bond acceptors (Lipinski definition) is 3. The molecule has 1 rings (SSSR count). The zero-order valence-electron chi connectivity index (χ0n) is 9.08. The highest BCUT2D eigenvalue weighted by Gasteiger charge is 2.26. The van der Waals surface area contributed by atoms with Gasteiger partial charge < -0.3 is 9.47 Å². The third-order valence-corrected chi connectivity index (χ3v) is 1.95. The Morgan fingerprint density at radius 2 is 2.21 bits per heavy atom. The van der Waals surface area contributed by atoms with E-state index in [1.165, 1.54) is 0 Å². The number of carbonyl (C=O) groups excluding carboxylic acids is 1. The van der Waals surface area contributed by atoms with Crippen molar-refractivity contribution in [2.75, 3.05) is 13.2 Å². The number of ether oxygens (including phenoxy) is 2. The SMILES string of the molecule is [B]C(CC(C)(C)C)C(=O)OCC1CO1. The van der Waals surface area contributed by atoms with Gasteiger partial charge in [0.15, 0.2) is 0 Å². The summed E-state index contributed by atoms with van der Waals surface area (Å²) in [5, 5.41) is 0. The van der Waals surface area contributed by atoms with Crippen molar-refractivity contribution in [1.82, 2.24) is 0 Å². The van der Waals surface area contributed by atoms with Crippen LogP contribution in [0.3, 0.4) is 0 Å². The largest absolute Gasteiger partial charge is 0.463 e. The van der Waals surface area contributed by atoms with Crippen LogP contribution in [0.5, 0.6) is 0 Å². The Kier molecular flexibility index (Phi) is 3.59. The number of hydrogen-bond donors (Lipinski definition) is 0. The minimum atomic E-state index is -0.520. The zero-order chi connectivity index (χ0) is 10.8. The lowest BCUT2D eigenvalue weighted by Crippen LogP contribution is -2.20. The highest BCUT2D eigenvalue weighted by molar-refractivity contribution is 6.22. The maximum Gasteiger partial charge on any atom is 0.300 e. The van der Waals surface area contributed by atoms with E-state index in [1.807, 2.05) is 20.8 Å². The van der Waals surface area contributed by atoms with Crippen molar-refractivity contribution in [3.63, 3.8) is 0 Å². The Hall–Kier alpha value is -0.505. The predicted molar refractivity (Wildman–Crippen MR) is 54.3 cm³/mol. The van der Waals surface area contributed by atoms with Crippen LogP contribution in [0.4, 0.5) is 0 Å². The summed E-state index contributed by atoms with van der Waals surface area (Å²) < 4.78 is 9.91. The van der Waals surface area contributed by atoms with Gasteiger partial charge in [0.25, 0.3) is 5.97 Å². The molecule has 3 nitrogen and oxygen atoms in total. The van der Waals surface area contributed by atoms with Crippen molar-refractivity contribution in [2.24, 2.45) is 5.41 Å². The van der Waals surface area contributed by atoms with Crippen LogP contribution in [0.15, 0.2) is 0 Å². The summed E-state index contributed by atoms with van der Waals surface area (Å²) in [5.74, 6) is -0.843. The van der Waals surface area contributed by atoms with Gasteiger partial charge in [-0.05, 0) is 11.8 Å². The average Bonchev–Trinajstić information content (AvgIpc) is 2.79. The van der Waals surface area contributed by atoms with Crippen LogP contribution in [0.25, 0.3) is 0 Å². The summed E-state index contributed by atoms with van der Waals surface area (Å²) in [6.45, 7) is 7.18. The molecule has 0 aliphatic carbocycles. The summed E-state index contributed by atoms with van der Waals surface area (Å²) in [4.78, 5) is 11.4. The van der Waals surface area contributed by atoms with E-state index in [-0.39, 0.29) is 17.5 Å². The second-order valence-electron chi connectivity index (χ2n) is 4.96. The maximum atomic E-state index is 11.4. The van der Waals surface area contributed by atoms with Gasteiger partial charge in [-0.25, -0.2) is 0 Å². The lowest BCUT2D eigenvalue weighted by Gasteiger charge is -2.22. The van der Waals surface area contributed by atoms with Crippen molar-refractivity contribution in [3.05, 3.63) is 0 Å². The molecule has 0 saturated carbocycles. The Morgan fingerprint density at radius 1 is 1.64 bits per heavy atom. The smallest absolute Gasteiger partial charge is 0.300 e. The summed E-state index contributed by atoms with van der Waals surface area (Å²) >= 11 is 0. The molecular formula is C10H17BO3. The molecule has 1 saturated heterocycles. The Morgan fingerprint density at radius 3 is 2.64 bits per heavy atom. The quantitative estimate of drug-likeness (QED) is 0.386. The summed E-state index contributed by atoms with van der Waals surface area (Å²) in [6, 6.07) is 0. The van der Waals surface area contributed by atoms with E-state index in [0.29, 0.717) is 19.6 Å². The first-order chi connectivity index (χ1) is 6.38. The van der Waals surface area contributed by atoms with Gasteiger partial charge in [-0.3, -0.25) is 4.79 Å². The second kappa shape index (κ2) is 4.34. The highest BCUT2D eigenvalue weighted by atomic mass is 16.6. The summed E-state index contributed by atoms with van der Waals surface area (Å²) in [7, 11) is 5.69. The van der Waals surface area contributed by atoms with Gasteiger partial charge in [0.1, 0.15) is 12.7 Å². The Bertz CT molecular complexity index is 206. The molecular weight excluding hydrogens is 179 g/mol. The van der Waals surface area contributed by atoms with Crippen LogP contribution in [0.1, 0.15) is 27.2 Å². The number of esters is 1. The Balaban J connectivity index is 2.20. The van der Waals surface area contributed by atoms with Crippen molar-refractivity contribution in [3.8, 4) is 0 Å². The third kappa shape index (κ3) is 4.65. The van der Waals surface area contributed by atoms with E-state index in [9.17, 15) is 4.79 Å². The molecule has 2 radical (unpaired) electrons. The van der Waals surface area contributed by atoms with Gasteiger partial charge in [0, 0.05) is 5.82 Å². The molecule has 0 aromatic heterocycles. The molecule has 0 bridgehead atoms. The van der Waals surface area contributed by atoms with E-state index in [4.69, 9.17) is 17.3 Å². The fourth-order valence-electron chi connectivity index (χ4n) is 1.19. The molecule has 78 valence electrons. The van der Waals surface area contributed by atoms with Gasteiger partial charge in [-0.1, -0.05) is 20.8 Å². The van der Waals surface area contributed by atoms with Gasteiger partial charge >= 0.3 is 0 Å². The van der Waals surface area contributed by atoms with Gasteiger partial charge in [0.05, 0.1) is 14.5 Å². The first-order valence-electron chi connectivity index (χ1n) is 4.92. The zero-order valence-corrected chi connectivity index (χ0v) is 9.08. The van der Waals surface area contributed by atoms with Crippen LogP contribution in [-0.2, 0) is 14.3 Å². The molecule has 1 aliphatic rings. The molecule has 2 atom stereocenters. The van der Waals surface area contributed by atoms with E-state index >= 15 is 0 Å². The van der Waals surface area contributed by atoms with Gasteiger partial charge in [-0.15, -0.1) is 0 Å². The molecule has 0 aromatic rings. The maximum absolute atomic E-state index is 11.4. The molecule has 14 heavy (non-hydrogen) atoms. The highest BCUT2D eigenvalue weighted by Crippen LogP contribution is 2.26. The van der Waals surface area contributed by atoms with E-state index in [1.54, 1.807) is 0 Å². The molecule has 2 unspecified atom stereocenters. The first-order valence-corrected chi connectivity index (χ1v) is 4.92. The fraction of sp³-hybridized carbons (Fsp3) is 0.900. The third-order valence-electron chi connectivity index (χ3n) is 1.95. The van der Waals surface area contributed by atoms with E-state index in [0.717, 1.165) is 0 Å².